The number of hydrogen-bond acceptors (Lipinski definition) is 3. The second-order valence-electron chi connectivity index (χ2n) is 4.65. The van der Waals surface area contributed by atoms with Crippen LogP contribution < -0.4 is 0 Å². The molecule has 0 amide bonds. The lowest BCUT2D eigenvalue weighted by atomic mass is 10.0. The number of ketones is 1. The largest absolute Gasteiger partial charge is 0.454 e. The van der Waals surface area contributed by atoms with Gasteiger partial charge in [0.2, 0.25) is 0 Å². The minimum atomic E-state index is -0.804. The van der Waals surface area contributed by atoms with E-state index in [1.807, 2.05) is 6.07 Å². The van der Waals surface area contributed by atoms with Gasteiger partial charge in [-0.2, -0.15) is 0 Å². The summed E-state index contributed by atoms with van der Waals surface area (Å²) in [4.78, 5) is 23.3. The van der Waals surface area contributed by atoms with Crippen molar-refractivity contribution in [3.63, 3.8) is 0 Å². The molecule has 0 unspecified atom stereocenters. The van der Waals surface area contributed by atoms with Gasteiger partial charge in [-0.05, 0) is 33.3 Å². The summed E-state index contributed by atoms with van der Waals surface area (Å²) in [5.74, 6) is -1.39. The molecule has 1 aromatic rings. The Labute approximate surface area is 95.4 Å². The highest BCUT2D eigenvalue weighted by Gasteiger charge is 2.24. The maximum atomic E-state index is 11.8. The highest BCUT2D eigenvalue weighted by atomic mass is 16.6. The van der Waals surface area contributed by atoms with Crippen molar-refractivity contribution in [3.05, 3.63) is 35.4 Å². The van der Waals surface area contributed by atoms with Crippen LogP contribution in [-0.4, -0.2) is 17.4 Å². The average Bonchev–Trinajstić information content (AvgIpc) is 2.15. The molecule has 86 valence electrons. The van der Waals surface area contributed by atoms with Crippen molar-refractivity contribution in [2.45, 2.75) is 33.3 Å². The van der Waals surface area contributed by atoms with E-state index in [1.165, 1.54) is 0 Å². The van der Waals surface area contributed by atoms with Crippen molar-refractivity contribution < 1.29 is 14.3 Å². The Morgan fingerprint density at radius 2 is 1.69 bits per heavy atom. The molecular weight excluding hydrogens is 204 g/mol. The molecule has 0 aliphatic carbocycles. The molecule has 0 saturated carbocycles. The Morgan fingerprint density at radius 3 is 2.19 bits per heavy atom. The van der Waals surface area contributed by atoms with Crippen LogP contribution in [-0.2, 0) is 9.53 Å². The summed E-state index contributed by atoms with van der Waals surface area (Å²) in [6.45, 7) is 6.99. The van der Waals surface area contributed by atoms with E-state index < -0.39 is 17.4 Å². The number of carbonyl (C=O) groups excluding carboxylic acids is 2. The summed E-state index contributed by atoms with van der Waals surface area (Å²) in [5.41, 5.74) is 0.533. The predicted octanol–water partition coefficient (Wildman–Crippen LogP) is 2.52. The summed E-state index contributed by atoms with van der Waals surface area (Å²) in [6, 6.07) is 6.96. The molecule has 3 nitrogen and oxygen atoms in total. The molecule has 0 bridgehead atoms. The Kier molecular flexibility index (Phi) is 3.48. The van der Waals surface area contributed by atoms with Crippen molar-refractivity contribution in [2.24, 2.45) is 0 Å². The molecule has 1 rings (SSSR count). The SMILES string of the molecule is Cc1ccccc1C(=O)C(=O)OC(C)(C)C. The lowest BCUT2D eigenvalue weighted by Crippen LogP contribution is -2.29. The molecule has 0 heterocycles. The average molecular weight is 220 g/mol. The first kappa shape index (κ1) is 12.4. The Hall–Kier alpha value is -1.64. The number of benzene rings is 1. The molecule has 0 radical (unpaired) electrons. The Balaban J connectivity index is 2.88. The van der Waals surface area contributed by atoms with Gasteiger partial charge in [-0.3, -0.25) is 4.79 Å². The summed E-state index contributed by atoms with van der Waals surface area (Å²) in [5, 5.41) is 0. The van der Waals surface area contributed by atoms with Crippen LogP contribution in [0.2, 0.25) is 0 Å². The molecule has 0 saturated heterocycles. The van der Waals surface area contributed by atoms with Crippen LogP contribution in [0.15, 0.2) is 24.3 Å². The number of hydrogen-bond donors (Lipinski definition) is 0. The van der Waals surface area contributed by atoms with E-state index in [2.05, 4.69) is 0 Å². The molecule has 0 aromatic heterocycles. The number of esters is 1. The molecule has 3 heteroatoms. The molecule has 0 aliphatic rings. The summed E-state index contributed by atoms with van der Waals surface area (Å²) in [7, 11) is 0. The first-order valence-corrected chi connectivity index (χ1v) is 5.14. The molecule has 0 spiro atoms. The van der Waals surface area contributed by atoms with Crippen LogP contribution in [0.4, 0.5) is 0 Å². The number of rotatable bonds is 2. The monoisotopic (exact) mass is 220 g/mol. The zero-order chi connectivity index (χ0) is 12.3. The van der Waals surface area contributed by atoms with Gasteiger partial charge in [0, 0.05) is 5.56 Å². The van der Waals surface area contributed by atoms with Crippen molar-refractivity contribution >= 4 is 11.8 Å². The topological polar surface area (TPSA) is 43.4 Å². The quantitative estimate of drug-likeness (QED) is 0.437. The van der Waals surface area contributed by atoms with Crippen LogP contribution in [0.3, 0.4) is 0 Å². The first-order chi connectivity index (χ1) is 7.31. The first-order valence-electron chi connectivity index (χ1n) is 5.14. The molecular formula is C13H16O3. The van der Waals surface area contributed by atoms with E-state index in [9.17, 15) is 9.59 Å². The molecule has 16 heavy (non-hydrogen) atoms. The second kappa shape index (κ2) is 4.47. The second-order valence-corrected chi connectivity index (χ2v) is 4.65. The fourth-order valence-electron chi connectivity index (χ4n) is 1.26. The number of carbonyl (C=O) groups is 2. The van der Waals surface area contributed by atoms with Gasteiger partial charge in [0.15, 0.2) is 0 Å². The molecule has 0 atom stereocenters. The standard InChI is InChI=1S/C13H16O3/c1-9-7-5-6-8-10(9)11(14)12(15)16-13(2,3)4/h5-8H,1-4H3. The number of aryl methyl sites for hydroxylation is 1. The maximum Gasteiger partial charge on any atom is 0.380 e. The van der Waals surface area contributed by atoms with E-state index in [0.29, 0.717) is 5.56 Å². The third-order valence-corrected chi connectivity index (χ3v) is 1.97. The van der Waals surface area contributed by atoms with Crippen molar-refractivity contribution in [3.8, 4) is 0 Å². The Bertz CT molecular complexity index is 413. The van der Waals surface area contributed by atoms with Gasteiger partial charge in [0.25, 0.3) is 5.78 Å². The van der Waals surface area contributed by atoms with Crippen LogP contribution in [0.25, 0.3) is 0 Å². The molecule has 0 aliphatic heterocycles. The summed E-state index contributed by atoms with van der Waals surface area (Å²) in [6.07, 6.45) is 0. The highest BCUT2D eigenvalue weighted by molar-refractivity contribution is 6.41. The van der Waals surface area contributed by atoms with E-state index in [4.69, 9.17) is 4.74 Å². The molecule has 0 fully saturated rings. The van der Waals surface area contributed by atoms with Gasteiger partial charge in [-0.15, -0.1) is 0 Å². The third kappa shape index (κ3) is 3.19. The predicted molar refractivity (Wildman–Crippen MR) is 61.4 cm³/mol. The van der Waals surface area contributed by atoms with Crippen molar-refractivity contribution in [2.75, 3.05) is 0 Å². The van der Waals surface area contributed by atoms with Gasteiger partial charge < -0.3 is 4.74 Å². The van der Waals surface area contributed by atoms with E-state index in [0.717, 1.165) is 5.56 Å². The van der Waals surface area contributed by atoms with Gasteiger partial charge in [-0.25, -0.2) is 4.79 Å². The minimum absolute atomic E-state index is 0.400. The van der Waals surface area contributed by atoms with E-state index in [-0.39, 0.29) is 0 Å². The van der Waals surface area contributed by atoms with Gasteiger partial charge in [-0.1, -0.05) is 24.3 Å². The Morgan fingerprint density at radius 1 is 1.12 bits per heavy atom. The minimum Gasteiger partial charge on any atom is -0.454 e. The zero-order valence-electron chi connectivity index (χ0n) is 10.0. The van der Waals surface area contributed by atoms with Crippen LogP contribution >= 0.6 is 0 Å². The maximum absolute atomic E-state index is 11.8. The van der Waals surface area contributed by atoms with Gasteiger partial charge in [0.1, 0.15) is 5.60 Å². The van der Waals surface area contributed by atoms with Crippen LogP contribution in [0, 0.1) is 6.92 Å². The number of Topliss-reactive ketones (excluding diaryl/α,β-unsaturated/α-hetero) is 1. The van der Waals surface area contributed by atoms with Gasteiger partial charge >= 0.3 is 5.97 Å². The van der Waals surface area contributed by atoms with Crippen LogP contribution in [0.1, 0.15) is 36.7 Å². The van der Waals surface area contributed by atoms with E-state index >= 15 is 0 Å². The van der Waals surface area contributed by atoms with Gasteiger partial charge in [0.05, 0.1) is 0 Å². The van der Waals surface area contributed by atoms with Crippen LogP contribution in [0.5, 0.6) is 0 Å². The smallest absolute Gasteiger partial charge is 0.380 e. The third-order valence-electron chi connectivity index (χ3n) is 1.97. The summed E-state index contributed by atoms with van der Waals surface area (Å²) >= 11 is 0. The highest BCUT2D eigenvalue weighted by Crippen LogP contribution is 2.12. The lowest BCUT2D eigenvalue weighted by molar-refractivity contribution is -0.148. The lowest BCUT2D eigenvalue weighted by Gasteiger charge is -2.18. The fourth-order valence-corrected chi connectivity index (χ4v) is 1.26. The normalized spacial score (nSPS) is 11.0. The zero-order valence-corrected chi connectivity index (χ0v) is 10.0. The number of ether oxygens (including phenoxy) is 1. The summed E-state index contributed by atoms with van der Waals surface area (Å²) < 4.78 is 5.02. The molecule has 0 N–H and O–H groups in total. The molecule has 1 aromatic carbocycles. The fraction of sp³-hybridized carbons (Fsp3) is 0.385. The van der Waals surface area contributed by atoms with Crippen molar-refractivity contribution in [1.82, 2.24) is 0 Å². The van der Waals surface area contributed by atoms with Crippen molar-refractivity contribution in [1.29, 1.82) is 0 Å². The van der Waals surface area contributed by atoms with E-state index in [1.54, 1.807) is 45.9 Å².